The number of phosphoric ester groups is 1. The summed E-state index contributed by atoms with van der Waals surface area (Å²) in [7, 11) is 1.14. The summed E-state index contributed by atoms with van der Waals surface area (Å²) in [5.74, 6) is -0.866. The predicted octanol–water partition coefficient (Wildman–Crippen LogP) is 14.7. The van der Waals surface area contributed by atoms with Crippen LogP contribution in [-0.2, 0) is 32.7 Å². The lowest BCUT2D eigenvalue weighted by atomic mass is 10.0. The van der Waals surface area contributed by atoms with Crippen molar-refractivity contribution in [2.24, 2.45) is 0 Å². The van der Waals surface area contributed by atoms with Gasteiger partial charge in [0.05, 0.1) is 27.7 Å². The van der Waals surface area contributed by atoms with Crippen LogP contribution in [0.25, 0.3) is 0 Å². The molecular formula is C54H96NO8P. The smallest absolute Gasteiger partial charge is 0.306 e. The maximum absolute atomic E-state index is 12.7. The SMILES string of the molecule is CC/C=C\C/C=C\C/C=C\C/C=C\CCCCCCC(=O)OC(COC(=O)CCCCCCCCCCCCC/C=C\C/C=C\CCCCCCC)COP(=O)([O-])OCC[N+](C)(C)C. The average Bonchev–Trinajstić information content (AvgIpc) is 3.25. The maximum atomic E-state index is 12.7. The Balaban J connectivity index is 4.27. The Kier molecular flexibility index (Phi) is 43.8. The fourth-order valence-corrected chi connectivity index (χ4v) is 7.46. The topological polar surface area (TPSA) is 111 Å². The first-order valence-electron chi connectivity index (χ1n) is 25.6. The van der Waals surface area contributed by atoms with Crippen molar-refractivity contribution >= 4 is 19.8 Å². The van der Waals surface area contributed by atoms with E-state index < -0.39 is 32.5 Å². The number of quaternary nitrogens is 1. The molecule has 0 N–H and O–H groups in total. The zero-order chi connectivity index (χ0) is 47.1. The molecule has 0 aliphatic rings. The minimum Gasteiger partial charge on any atom is -0.756 e. The number of phosphoric acid groups is 1. The molecule has 0 aliphatic carbocycles. The van der Waals surface area contributed by atoms with Crippen molar-refractivity contribution in [1.29, 1.82) is 0 Å². The van der Waals surface area contributed by atoms with Crippen LogP contribution >= 0.6 is 7.82 Å². The number of nitrogens with zero attached hydrogens (tertiary/aromatic N) is 1. The number of rotatable bonds is 46. The fourth-order valence-electron chi connectivity index (χ4n) is 6.73. The number of hydrogen-bond donors (Lipinski definition) is 0. The molecular weight excluding hydrogens is 822 g/mol. The summed E-state index contributed by atoms with van der Waals surface area (Å²) in [6.45, 7) is 4.08. The number of esters is 2. The van der Waals surface area contributed by atoms with Crippen molar-refractivity contribution in [3.63, 3.8) is 0 Å². The minimum atomic E-state index is -4.64. The van der Waals surface area contributed by atoms with E-state index in [-0.39, 0.29) is 26.1 Å². The largest absolute Gasteiger partial charge is 0.756 e. The molecule has 0 aromatic rings. The molecule has 0 aromatic heterocycles. The van der Waals surface area contributed by atoms with Gasteiger partial charge in [0.2, 0.25) is 0 Å². The van der Waals surface area contributed by atoms with Crippen molar-refractivity contribution in [3.8, 4) is 0 Å². The number of likely N-dealkylation sites (N-methyl/N-ethyl adjacent to an activating group) is 1. The second kappa shape index (κ2) is 45.6. The van der Waals surface area contributed by atoms with Crippen molar-refractivity contribution < 1.29 is 42.1 Å². The monoisotopic (exact) mass is 918 g/mol. The van der Waals surface area contributed by atoms with Gasteiger partial charge in [-0.3, -0.25) is 14.2 Å². The van der Waals surface area contributed by atoms with E-state index in [9.17, 15) is 19.0 Å². The van der Waals surface area contributed by atoms with E-state index >= 15 is 0 Å². The number of carbonyl (C=O) groups excluding carboxylic acids is 2. The van der Waals surface area contributed by atoms with Gasteiger partial charge in [0.25, 0.3) is 7.82 Å². The predicted molar refractivity (Wildman–Crippen MR) is 268 cm³/mol. The van der Waals surface area contributed by atoms with Crippen LogP contribution in [-0.4, -0.2) is 70.0 Å². The quantitative estimate of drug-likeness (QED) is 0.0195. The lowest BCUT2D eigenvalue weighted by Gasteiger charge is -2.28. The Morgan fingerprint density at radius 1 is 0.500 bits per heavy atom. The first kappa shape index (κ1) is 61.5. The van der Waals surface area contributed by atoms with Crippen molar-refractivity contribution in [2.75, 3.05) is 47.5 Å². The Morgan fingerprint density at radius 2 is 0.891 bits per heavy atom. The molecule has 64 heavy (non-hydrogen) atoms. The molecule has 10 heteroatoms. The van der Waals surface area contributed by atoms with Crippen LogP contribution in [0.4, 0.5) is 0 Å². The van der Waals surface area contributed by atoms with E-state index in [2.05, 4.69) is 86.8 Å². The normalized spacial score (nSPS) is 14.0. The van der Waals surface area contributed by atoms with Crippen molar-refractivity contribution in [1.82, 2.24) is 0 Å². The zero-order valence-corrected chi connectivity index (χ0v) is 42.6. The van der Waals surface area contributed by atoms with E-state index in [0.29, 0.717) is 17.4 Å². The Bertz CT molecular complexity index is 1310. The van der Waals surface area contributed by atoms with E-state index in [4.69, 9.17) is 18.5 Å². The van der Waals surface area contributed by atoms with Crippen LogP contribution in [0.15, 0.2) is 72.9 Å². The summed E-state index contributed by atoms with van der Waals surface area (Å²) in [4.78, 5) is 37.7. The first-order valence-corrected chi connectivity index (χ1v) is 27.1. The molecule has 2 atom stereocenters. The van der Waals surface area contributed by atoms with Gasteiger partial charge in [0.1, 0.15) is 19.8 Å². The van der Waals surface area contributed by atoms with Crippen LogP contribution in [0.3, 0.4) is 0 Å². The summed E-state index contributed by atoms with van der Waals surface area (Å²) < 4.78 is 34.0. The summed E-state index contributed by atoms with van der Waals surface area (Å²) in [6, 6.07) is 0. The standard InChI is InChI=1S/C54H96NO8P/c1-6-8-10-12-14-16-18-20-22-24-25-26-27-28-29-31-32-34-36-38-40-42-44-46-53(56)60-50-52(51-62-64(58,59)61-49-48-55(3,4)5)63-54(57)47-45-43-41-39-37-35-33-30-23-21-19-17-15-13-11-9-7-2/h9,11,15,17-18,20-21,23-25,33,35,52H,6-8,10,12-14,16,19,22,26-32,34,36-51H2,1-5H3/b11-9-,17-15-,20-18-,23-21-,25-24-,35-33-. The molecule has 0 aliphatic heterocycles. The number of carbonyl (C=O) groups is 2. The van der Waals surface area contributed by atoms with Crippen molar-refractivity contribution in [3.05, 3.63) is 72.9 Å². The number of allylic oxidation sites excluding steroid dienone is 12. The third-order valence-electron chi connectivity index (χ3n) is 10.7. The van der Waals surface area contributed by atoms with Crippen LogP contribution in [0.2, 0.25) is 0 Å². The van der Waals surface area contributed by atoms with Gasteiger partial charge in [0.15, 0.2) is 6.10 Å². The summed E-state index contributed by atoms with van der Waals surface area (Å²) >= 11 is 0. The molecule has 0 spiro atoms. The van der Waals surface area contributed by atoms with Gasteiger partial charge in [-0.2, -0.15) is 0 Å². The highest BCUT2D eigenvalue weighted by atomic mass is 31.2. The van der Waals surface area contributed by atoms with Gasteiger partial charge in [0, 0.05) is 12.8 Å². The molecule has 370 valence electrons. The Labute approximate surface area is 393 Å². The van der Waals surface area contributed by atoms with E-state index in [1.54, 1.807) is 0 Å². The molecule has 2 unspecified atom stereocenters. The number of unbranched alkanes of at least 4 members (excludes halogenated alkanes) is 20. The molecule has 0 radical (unpaired) electrons. The zero-order valence-electron chi connectivity index (χ0n) is 41.7. The molecule has 0 heterocycles. The molecule has 9 nitrogen and oxygen atoms in total. The van der Waals surface area contributed by atoms with Crippen LogP contribution in [0, 0.1) is 0 Å². The molecule has 0 rings (SSSR count). The molecule has 0 bridgehead atoms. The Morgan fingerprint density at radius 3 is 1.33 bits per heavy atom. The number of hydrogen-bond acceptors (Lipinski definition) is 8. The molecule has 0 amide bonds. The van der Waals surface area contributed by atoms with Crippen LogP contribution in [0.1, 0.15) is 206 Å². The highest BCUT2D eigenvalue weighted by Crippen LogP contribution is 2.38. The summed E-state index contributed by atoms with van der Waals surface area (Å²) in [6.07, 6.45) is 57.9. The summed E-state index contributed by atoms with van der Waals surface area (Å²) in [5.41, 5.74) is 0. The van der Waals surface area contributed by atoms with E-state index in [0.717, 1.165) is 77.0 Å². The van der Waals surface area contributed by atoms with Crippen LogP contribution < -0.4 is 4.89 Å². The lowest BCUT2D eigenvalue weighted by Crippen LogP contribution is -2.37. The third kappa shape index (κ3) is 48.9. The van der Waals surface area contributed by atoms with E-state index in [1.165, 1.54) is 96.3 Å². The second-order valence-electron chi connectivity index (χ2n) is 18.1. The second-order valence-corrected chi connectivity index (χ2v) is 19.6. The number of ether oxygens (including phenoxy) is 2. The third-order valence-corrected chi connectivity index (χ3v) is 11.7. The summed E-state index contributed by atoms with van der Waals surface area (Å²) in [5, 5.41) is 0. The van der Waals surface area contributed by atoms with Gasteiger partial charge in [-0.05, 0) is 83.5 Å². The molecule has 0 saturated carbocycles. The molecule has 0 aromatic carbocycles. The van der Waals surface area contributed by atoms with E-state index in [1.807, 2.05) is 21.1 Å². The Hall–Kier alpha value is -2.55. The average molecular weight is 918 g/mol. The van der Waals surface area contributed by atoms with Gasteiger partial charge >= 0.3 is 11.9 Å². The van der Waals surface area contributed by atoms with Gasteiger partial charge < -0.3 is 27.9 Å². The highest BCUT2D eigenvalue weighted by Gasteiger charge is 2.21. The fraction of sp³-hybridized carbons (Fsp3) is 0.741. The maximum Gasteiger partial charge on any atom is 0.306 e. The molecule has 0 saturated heterocycles. The minimum absolute atomic E-state index is 0.0394. The molecule has 0 fully saturated rings. The van der Waals surface area contributed by atoms with Gasteiger partial charge in [-0.25, -0.2) is 0 Å². The lowest BCUT2D eigenvalue weighted by molar-refractivity contribution is -0.870. The first-order chi connectivity index (χ1) is 31.0. The van der Waals surface area contributed by atoms with Crippen LogP contribution in [0.5, 0.6) is 0 Å². The van der Waals surface area contributed by atoms with Crippen molar-refractivity contribution in [2.45, 2.75) is 213 Å². The van der Waals surface area contributed by atoms with Gasteiger partial charge in [-0.1, -0.05) is 183 Å². The van der Waals surface area contributed by atoms with Gasteiger partial charge in [-0.15, -0.1) is 0 Å². The highest BCUT2D eigenvalue weighted by molar-refractivity contribution is 7.45.